The van der Waals surface area contributed by atoms with Crippen molar-refractivity contribution in [1.82, 2.24) is 4.90 Å². The lowest BCUT2D eigenvalue weighted by molar-refractivity contribution is -0.0203. The first-order chi connectivity index (χ1) is 12.3. The van der Waals surface area contributed by atoms with Crippen molar-refractivity contribution >= 4 is 14.4 Å². The smallest absolute Gasteiger partial charge is 0.410 e. The van der Waals surface area contributed by atoms with Crippen molar-refractivity contribution in [2.75, 3.05) is 6.54 Å². The van der Waals surface area contributed by atoms with Crippen LogP contribution in [-0.2, 0) is 9.16 Å². The molecule has 1 saturated heterocycles. The molecule has 1 fully saturated rings. The Labute approximate surface area is 166 Å². The molecule has 152 valence electrons. The molecule has 1 aromatic rings. The second kappa shape index (κ2) is 7.96. The molecule has 0 spiro atoms. The highest BCUT2D eigenvalue weighted by Crippen LogP contribution is 2.42. The number of rotatable bonds is 3. The summed E-state index contributed by atoms with van der Waals surface area (Å²) >= 11 is 0. The van der Waals surface area contributed by atoms with E-state index in [-0.39, 0.29) is 23.3 Å². The van der Waals surface area contributed by atoms with E-state index in [1.54, 1.807) is 0 Å². The third-order valence-corrected chi connectivity index (χ3v) is 10.1. The molecular formula is C22H37NO3Si. The van der Waals surface area contributed by atoms with Crippen molar-refractivity contribution < 1.29 is 14.0 Å². The average molecular weight is 392 g/mol. The van der Waals surface area contributed by atoms with Crippen LogP contribution >= 0.6 is 0 Å². The van der Waals surface area contributed by atoms with Crippen LogP contribution in [0.3, 0.4) is 0 Å². The Kier molecular flexibility index (Phi) is 6.47. The normalized spacial score (nSPS) is 21.9. The molecular weight excluding hydrogens is 354 g/mol. The van der Waals surface area contributed by atoms with Crippen LogP contribution in [0.2, 0.25) is 18.1 Å². The summed E-state index contributed by atoms with van der Waals surface area (Å²) in [5.74, 6) is 0. The molecule has 0 radical (unpaired) electrons. The van der Waals surface area contributed by atoms with E-state index in [2.05, 4.69) is 46.0 Å². The Balaban J connectivity index is 2.36. The van der Waals surface area contributed by atoms with E-state index in [1.165, 1.54) is 0 Å². The van der Waals surface area contributed by atoms with Gasteiger partial charge in [-0.2, -0.15) is 0 Å². The Morgan fingerprint density at radius 1 is 1.07 bits per heavy atom. The minimum Gasteiger partial charge on any atom is -0.444 e. The fraction of sp³-hybridized carbons (Fsp3) is 0.682. The molecule has 0 unspecified atom stereocenters. The number of hydrogen-bond acceptors (Lipinski definition) is 3. The van der Waals surface area contributed by atoms with Gasteiger partial charge in [0.05, 0.1) is 12.1 Å². The van der Waals surface area contributed by atoms with Gasteiger partial charge in [0, 0.05) is 6.54 Å². The lowest BCUT2D eigenvalue weighted by Gasteiger charge is -2.47. The summed E-state index contributed by atoms with van der Waals surface area (Å²) in [7, 11) is -1.96. The number of nitrogens with zero attached hydrogens (tertiary/aromatic N) is 1. The standard InChI is InChI=1S/C22H37NO3Si/c1-21(2,3)25-20(24)23-16-12-15-18(26-27(7,8)22(4,5)6)19(23)17-13-10-9-11-14-17/h9-11,13-14,18-19H,12,15-16H2,1-8H3/t18-,19-/m0/s1. The summed E-state index contributed by atoms with van der Waals surface area (Å²) in [4.78, 5) is 14.8. The van der Waals surface area contributed by atoms with E-state index in [9.17, 15) is 4.79 Å². The van der Waals surface area contributed by atoms with Crippen LogP contribution in [0.1, 0.15) is 66.0 Å². The fourth-order valence-electron chi connectivity index (χ4n) is 3.21. The molecule has 4 nitrogen and oxygen atoms in total. The van der Waals surface area contributed by atoms with Crippen LogP contribution in [0, 0.1) is 0 Å². The highest BCUT2D eigenvalue weighted by molar-refractivity contribution is 6.74. The quantitative estimate of drug-likeness (QED) is 0.580. The topological polar surface area (TPSA) is 38.8 Å². The zero-order valence-corrected chi connectivity index (χ0v) is 19.3. The Morgan fingerprint density at radius 2 is 1.67 bits per heavy atom. The monoisotopic (exact) mass is 391 g/mol. The first-order valence-electron chi connectivity index (χ1n) is 10.0. The first-order valence-corrected chi connectivity index (χ1v) is 12.9. The Hall–Kier alpha value is -1.33. The van der Waals surface area contributed by atoms with E-state index < -0.39 is 13.9 Å². The molecule has 0 bridgehead atoms. The summed E-state index contributed by atoms with van der Waals surface area (Å²) < 4.78 is 12.5. The van der Waals surface area contributed by atoms with Gasteiger partial charge < -0.3 is 9.16 Å². The minimum absolute atomic E-state index is 0.00504. The molecule has 2 rings (SSSR count). The van der Waals surface area contributed by atoms with Crippen molar-refractivity contribution in [1.29, 1.82) is 0 Å². The van der Waals surface area contributed by atoms with Crippen molar-refractivity contribution in [3.8, 4) is 0 Å². The number of carbonyl (C=O) groups excluding carboxylic acids is 1. The van der Waals surface area contributed by atoms with Gasteiger partial charge in [-0.05, 0) is 57.3 Å². The van der Waals surface area contributed by atoms with E-state index in [0.717, 1.165) is 18.4 Å². The van der Waals surface area contributed by atoms with Crippen LogP contribution in [0.15, 0.2) is 30.3 Å². The SMILES string of the molecule is CC(C)(C)OC(=O)N1CCC[C@H](O[Si](C)(C)C(C)(C)C)[C@@H]1c1ccccc1. The zero-order valence-electron chi connectivity index (χ0n) is 18.3. The molecule has 0 aromatic heterocycles. The second-order valence-electron chi connectivity index (χ2n) is 10.1. The highest BCUT2D eigenvalue weighted by Gasteiger charge is 2.44. The molecule has 1 aliphatic rings. The molecule has 1 aromatic carbocycles. The van der Waals surface area contributed by atoms with Crippen LogP contribution < -0.4 is 0 Å². The number of carbonyl (C=O) groups is 1. The molecule has 0 aliphatic carbocycles. The lowest BCUT2D eigenvalue weighted by Crippen LogP contribution is -2.52. The molecule has 1 amide bonds. The van der Waals surface area contributed by atoms with Gasteiger partial charge in [0.1, 0.15) is 5.60 Å². The van der Waals surface area contributed by atoms with Crippen molar-refractivity contribution in [3.63, 3.8) is 0 Å². The largest absolute Gasteiger partial charge is 0.444 e. The summed E-state index contributed by atoms with van der Waals surface area (Å²) in [6.45, 7) is 17.8. The average Bonchev–Trinajstić information content (AvgIpc) is 2.52. The highest BCUT2D eigenvalue weighted by atomic mass is 28.4. The van der Waals surface area contributed by atoms with E-state index in [4.69, 9.17) is 9.16 Å². The third-order valence-electron chi connectivity index (χ3n) is 5.60. The summed E-state index contributed by atoms with van der Waals surface area (Å²) in [5, 5.41) is 0.127. The number of likely N-dealkylation sites (tertiary alicyclic amines) is 1. The van der Waals surface area contributed by atoms with Crippen molar-refractivity contribution in [3.05, 3.63) is 35.9 Å². The third kappa shape index (κ3) is 5.58. The Morgan fingerprint density at radius 3 is 2.19 bits per heavy atom. The van der Waals surface area contributed by atoms with Gasteiger partial charge in [0.2, 0.25) is 0 Å². The van der Waals surface area contributed by atoms with Crippen LogP contribution in [-0.4, -0.2) is 37.6 Å². The molecule has 1 aliphatic heterocycles. The second-order valence-corrected chi connectivity index (χ2v) is 14.8. The van der Waals surface area contributed by atoms with Gasteiger partial charge in [-0.15, -0.1) is 0 Å². The van der Waals surface area contributed by atoms with Gasteiger partial charge in [-0.1, -0.05) is 51.1 Å². The van der Waals surface area contributed by atoms with E-state index >= 15 is 0 Å². The maximum absolute atomic E-state index is 13.0. The molecule has 1 heterocycles. The number of hydrogen-bond donors (Lipinski definition) is 0. The fourth-order valence-corrected chi connectivity index (χ4v) is 4.57. The number of piperidine rings is 1. The first kappa shape index (κ1) is 22.0. The van der Waals surface area contributed by atoms with Crippen LogP contribution in [0.5, 0.6) is 0 Å². The maximum atomic E-state index is 13.0. The van der Waals surface area contributed by atoms with E-state index in [0.29, 0.717) is 6.54 Å². The maximum Gasteiger partial charge on any atom is 0.410 e. The lowest BCUT2D eigenvalue weighted by atomic mass is 9.93. The molecule has 0 N–H and O–H groups in total. The summed E-state index contributed by atoms with van der Waals surface area (Å²) in [5.41, 5.74) is 0.609. The van der Waals surface area contributed by atoms with Gasteiger partial charge in [-0.3, -0.25) is 4.90 Å². The Bertz CT molecular complexity index is 631. The van der Waals surface area contributed by atoms with Gasteiger partial charge in [-0.25, -0.2) is 4.79 Å². The molecule has 0 saturated carbocycles. The van der Waals surface area contributed by atoms with Gasteiger partial charge in [0.15, 0.2) is 8.32 Å². The van der Waals surface area contributed by atoms with Gasteiger partial charge >= 0.3 is 6.09 Å². The number of benzene rings is 1. The van der Waals surface area contributed by atoms with Crippen LogP contribution in [0.25, 0.3) is 0 Å². The van der Waals surface area contributed by atoms with E-state index in [1.807, 2.05) is 43.9 Å². The minimum atomic E-state index is -1.96. The summed E-state index contributed by atoms with van der Waals surface area (Å²) in [6.07, 6.45) is 1.64. The number of amides is 1. The molecule has 5 heteroatoms. The molecule has 2 atom stereocenters. The summed E-state index contributed by atoms with van der Waals surface area (Å²) in [6, 6.07) is 10.1. The predicted octanol–water partition coefficient (Wildman–Crippen LogP) is 6.15. The molecule has 27 heavy (non-hydrogen) atoms. The van der Waals surface area contributed by atoms with Crippen molar-refractivity contribution in [2.45, 2.75) is 90.3 Å². The van der Waals surface area contributed by atoms with Gasteiger partial charge in [0.25, 0.3) is 0 Å². The van der Waals surface area contributed by atoms with Crippen molar-refractivity contribution in [2.24, 2.45) is 0 Å². The predicted molar refractivity (Wildman–Crippen MR) is 113 cm³/mol. The number of ether oxygens (including phenoxy) is 1. The zero-order chi connectivity index (χ0) is 20.5. The van der Waals surface area contributed by atoms with Crippen LogP contribution in [0.4, 0.5) is 4.79 Å².